The highest BCUT2D eigenvalue weighted by Crippen LogP contribution is 2.35. The standard InChI is InChI=1S/C22H29NO6S/c1-4-22(18-10-12-19(28-3)13-11-18,14-17-30(25,26)23-15-16-27-2)21(24)29-20-8-6-5-7-9-20/h5-13,23H,4,14-17H2,1-3H3. The van der Waals surface area contributed by atoms with E-state index in [-0.39, 0.29) is 25.3 Å². The van der Waals surface area contributed by atoms with Gasteiger partial charge in [0.15, 0.2) is 0 Å². The third-order valence-corrected chi connectivity index (χ3v) is 6.40. The molecule has 7 nitrogen and oxygen atoms in total. The van der Waals surface area contributed by atoms with Crippen LogP contribution in [0.5, 0.6) is 11.5 Å². The van der Waals surface area contributed by atoms with Crippen LogP contribution in [-0.2, 0) is 25.0 Å². The lowest BCUT2D eigenvalue weighted by Crippen LogP contribution is -2.42. The Morgan fingerprint density at radius 1 is 1.00 bits per heavy atom. The molecule has 8 heteroatoms. The fourth-order valence-corrected chi connectivity index (χ4v) is 4.33. The maximum atomic E-state index is 13.3. The molecule has 0 aliphatic rings. The van der Waals surface area contributed by atoms with E-state index in [2.05, 4.69) is 4.72 Å². The van der Waals surface area contributed by atoms with Crippen molar-refractivity contribution in [1.29, 1.82) is 0 Å². The molecule has 0 bridgehead atoms. The van der Waals surface area contributed by atoms with Crippen molar-refractivity contribution in [3.63, 3.8) is 0 Å². The predicted octanol–water partition coefficient (Wildman–Crippen LogP) is 2.90. The molecule has 0 heterocycles. The molecule has 0 aliphatic heterocycles. The minimum absolute atomic E-state index is 0.0732. The summed E-state index contributed by atoms with van der Waals surface area (Å²) in [5.74, 6) is 0.345. The summed E-state index contributed by atoms with van der Waals surface area (Å²) in [6.45, 7) is 2.29. The van der Waals surface area contributed by atoms with E-state index < -0.39 is 21.4 Å². The van der Waals surface area contributed by atoms with Gasteiger partial charge in [-0.05, 0) is 42.7 Å². The predicted molar refractivity (Wildman–Crippen MR) is 115 cm³/mol. The Hall–Kier alpha value is -2.42. The Kier molecular flexibility index (Phi) is 8.83. The number of hydrogen-bond acceptors (Lipinski definition) is 6. The summed E-state index contributed by atoms with van der Waals surface area (Å²) in [6.07, 6.45) is 0.447. The molecule has 1 atom stereocenters. The van der Waals surface area contributed by atoms with E-state index in [4.69, 9.17) is 14.2 Å². The molecular formula is C22H29NO6S. The van der Waals surface area contributed by atoms with Crippen molar-refractivity contribution in [1.82, 2.24) is 4.72 Å². The van der Waals surface area contributed by atoms with Crippen LogP contribution in [0.3, 0.4) is 0 Å². The van der Waals surface area contributed by atoms with E-state index in [1.165, 1.54) is 7.11 Å². The third kappa shape index (κ3) is 6.29. The number of esters is 1. The maximum absolute atomic E-state index is 13.3. The van der Waals surface area contributed by atoms with Crippen molar-refractivity contribution in [2.75, 3.05) is 33.1 Å². The van der Waals surface area contributed by atoms with Gasteiger partial charge in [0.25, 0.3) is 0 Å². The van der Waals surface area contributed by atoms with E-state index in [1.54, 1.807) is 55.6 Å². The highest BCUT2D eigenvalue weighted by atomic mass is 32.2. The first-order chi connectivity index (χ1) is 14.4. The fourth-order valence-electron chi connectivity index (χ4n) is 3.17. The van der Waals surface area contributed by atoms with Gasteiger partial charge < -0.3 is 14.2 Å². The summed E-state index contributed by atoms with van der Waals surface area (Å²) >= 11 is 0. The maximum Gasteiger partial charge on any atom is 0.321 e. The smallest absolute Gasteiger partial charge is 0.321 e. The number of hydrogen-bond donors (Lipinski definition) is 1. The number of benzene rings is 2. The second kappa shape index (κ2) is 11.1. The van der Waals surface area contributed by atoms with Crippen LogP contribution in [0.25, 0.3) is 0 Å². The summed E-state index contributed by atoms with van der Waals surface area (Å²) in [7, 11) is -0.528. The van der Waals surface area contributed by atoms with Crippen LogP contribution in [0.4, 0.5) is 0 Å². The van der Waals surface area contributed by atoms with Crippen molar-refractivity contribution >= 4 is 16.0 Å². The minimum atomic E-state index is -3.59. The molecule has 2 rings (SSSR count). The lowest BCUT2D eigenvalue weighted by atomic mass is 9.76. The summed E-state index contributed by atoms with van der Waals surface area (Å²) in [4.78, 5) is 13.3. The molecule has 0 saturated heterocycles. The lowest BCUT2D eigenvalue weighted by Gasteiger charge is -2.31. The second-order valence-electron chi connectivity index (χ2n) is 6.82. The van der Waals surface area contributed by atoms with Crippen LogP contribution in [-0.4, -0.2) is 47.5 Å². The first kappa shape index (κ1) is 23.9. The van der Waals surface area contributed by atoms with Gasteiger partial charge in [0.1, 0.15) is 11.5 Å². The number of nitrogens with one attached hydrogen (secondary N) is 1. The number of para-hydroxylation sites is 1. The summed E-state index contributed by atoms with van der Waals surface area (Å²) < 4.78 is 43.1. The SMILES string of the molecule is CCC(CCS(=O)(=O)NCCOC)(C(=O)Oc1ccccc1)c1ccc(OC)cc1. The van der Waals surface area contributed by atoms with Gasteiger partial charge in [-0.3, -0.25) is 4.79 Å². The molecule has 1 unspecified atom stereocenters. The van der Waals surface area contributed by atoms with Gasteiger partial charge in [0.05, 0.1) is 24.9 Å². The van der Waals surface area contributed by atoms with Gasteiger partial charge in [-0.25, -0.2) is 13.1 Å². The van der Waals surface area contributed by atoms with Crippen LogP contribution in [0.2, 0.25) is 0 Å². The molecule has 30 heavy (non-hydrogen) atoms. The molecule has 164 valence electrons. The van der Waals surface area contributed by atoms with Gasteiger partial charge in [-0.1, -0.05) is 37.3 Å². The summed E-state index contributed by atoms with van der Waals surface area (Å²) in [5.41, 5.74) is -0.447. The van der Waals surface area contributed by atoms with Crippen LogP contribution >= 0.6 is 0 Å². The van der Waals surface area contributed by atoms with E-state index in [1.807, 2.05) is 13.0 Å². The molecule has 0 amide bonds. The normalized spacial score (nSPS) is 13.4. The van der Waals surface area contributed by atoms with Gasteiger partial charge in [-0.15, -0.1) is 0 Å². The topological polar surface area (TPSA) is 90.9 Å². The highest BCUT2D eigenvalue weighted by Gasteiger charge is 2.41. The molecule has 0 aliphatic carbocycles. The molecule has 2 aromatic carbocycles. The fraction of sp³-hybridized carbons (Fsp3) is 0.409. The first-order valence-corrected chi connectivity index (χ1v) is 11.4. The number of methoxy groups -OCH3 is 2. The van der Waals surface area contributed by atoms with Crippen LogP contribution in [0.1, 0.15) is 25.3 Å². The van der Waals surface area contributed by atoms with Crippen molar-refractivity contribution in [2.45, 2.75) is 25.2 Å². The number of sulfonamides is 1. The minimum Gasteiger partial charge on any atom is -0.497 e. The first-order valence-electron chi connectivity index (χ1n) is 9.75. The Balaban J connectivity index is 2.33. The molecule has 0 fully saturated rings. The molecule has 0 saturated carbocycles. The number of rotatable bonds is 12. The van der Waals surface area contributed by atoms with Crippen LogP contribution in [0, 0.1) is 0 Å². The van der Waals surface area contributed by atoms with Crippen LogP contribution < -0.4 is 14.2 Å². The van der Waals surface area contributed by atoms with Crippen molar-refractivity contribution in [2.24, 2.45) is 0 Å². The second-order valence-corrected chi connectivity index (χ2v) is 8.75. The molecule has 1 N–H and O–H groups in total. The summed E-state index contributed by atoms with van der Waals surface area (Å²) in [6, 6.07) is 15.8. The Labute approximate surface area is 178 Å². The number of carbonyl (C=O) groups is 1. The van der Waals surface area contributed by atoms with E-state index >= 15 is 0 Å². The molecule has 0 aromatic heterocycles. The average molecular weight is 436 g/mol. The third-order valence-electron chi connectivity index (χ3n) is 5.02. The summed E-state index contributed by atoms with van der Waals surface area (Å²) in [5, 5.41) is 0. The Morgan fingerprint density at radius 3 is 2.23 bits per heavy atom. The largest absolute Gasteiger partial charge is 0.497 e. The van der Waals surface area contributed by atoms with E-state index in [0.29, 0.717) is 23.5 Å². The van der Waals surface area contributed by atoms with Gasteiger partial charge in [0.2, 0.25) is 10.0 Å². The highest BCUT2D eigenvalue weighted by molar-refractivity contribution is 7.89. The average Bonchev–Trinajstić information content (AvgIpc) is 2.75. The molecule has 2 aromatic rings. The zero-order chi connectivity index (χ0) is 22.0. The van der Waals surface area contributed by atoms with Crippen molar-refractivity contribution in [3.05, 3.63) is 60.2 Å². The number of ether oxygens (including phenoxy) is 3. The lowest BCUT2D eigenvalue weighted by molar-refractivity contribution is -0.141. The molecule has 0 radical (unpaired) electrons. The zero-order valence-electron chi connectivity index (χ0n) is 17.6. The van der Waals surface area contributed by atoms with Crippen molar-refractivity contribution in [3.8, 4) is 11.5 Å². The van der Waals surface area contributed by atoms with Gasteiger partial charge >= 0.3 is 5.97 Å². The van der Waals surface area contributed by atoms with Gasteiger partial charge in [-0.2, -0.15) is 0 Å². The van der Waals surface area contributed by atoms with Crippen LogP contribution in [0.15, 0.2) is 54.6 Å². The van der Waals surface area contributed by atoms with Crippen molar-refractivity contribution < 1.29 is 27.4 Å². The van der Waals surface area contributed by atoms with E-state index in [9.17, 15) is 13.2 Å². The zero-order valence-corrected chi connectivity index (χ0v) is 18.4. The molecular weight excluding hydrogens is 406 g/mol. The number of carbonyl (C=O) groups excluding carboxylic acids is 1. The van der Waals surface area contributed by atoms with Gasteiger partial charge in [0, 0.05) is 13.7 Å². The Bertz CT molecular complexity index is 899. The monoisotopic (exact) mass is 435 g/mol. The molecule has 0 spiro atoms. The Morgan fingerprint density at radius 2 is 1.67 bits per heavy atom. The van der Waals surface area contributed by atoms with E-state index in [0.717, 1.165) is 0 Å². The quantitative estimate of drug-likeness (QED) is 0.313.